The second kappa shape index (κ2) is 9.82. The van der Waals surface area contributed by atoms with Gasteiger partial charge in [-0.2, -0.15) is 0 Å². The highest BCUT2D eigenvalue weighted by molar-refractivity contribution is 8.18. The van der Waals surface area contributed by atoms with Crippen LogP contribution < -0.4 is 9.47 Å². The van der Waals surface area contributed by atoms with E-state index in [9.17, 15) is 19.7 Å². The lowest BCUT2D eigenvalue weighted by Crippen LogP contribution is -2.28. The zero-order chi connectivity index (χ0) is 22.4. The van der Waals surface area contributed by atoms with Crippen molar-refractivity contribution in [3.05, 3.63) is 68.6 Å². The number of rotatable bonds is 8. The van der Waals surface area contributed by atoms with Gasteiger partial charge in [0.15, 0.2) is 11.5 Å². The van der Waals surface area contributed by atoms with Crippen LogP contribution in [0.2, 0.25) is 0 Å². The molecule has 0 atom stereocenters. The van der Waals surface area contributed by atoms with E-state index in [0.717, 1.165) is 22.2 Å². The van der Waals surface area contributed by atoms with Crippen LogP contribution in [0.15, 0.2) is 47.4 Å². The molecule has 9 heteroatoms. The monoisotopic (exact) mass is 438 g/mol. The Balaban J connectivity index is 1.76. The van der Waals surface area contributed by atoms with E-state index in [1.807, 2.05) is 6.92 Å². The number of terminal acetylenes is 1. The van der Waals surface area contributed by atoms with Crippen LogP contribution in [0.5, 0.6) is 11.5 Å². The molecule has 0 aliphatic carbocycles. The molecule has 1 heterocycles. The average molecular weight is 438 g/mol. The molecule has 0 spiro atoms. The zero-order valence-corrected chi connectivity index (χ0v) is 17.4. The molecule has 2 amide bonds. The number of nitro groups is 1. The molecular weight excluding hydrogens is 420 g/mol. The lowest BCUT2D eigenvalue weighted by Gasteiger charge is -2.13. The maximum atomic E-state index is 12.3. The van der Waals surface area contributed by atoms with E-state index in [-0.39, 0.29) is 23.7 Å². The molecule has 158 valence electrons. The van der Waals surface area contributed by atoms with Crippen LogP contribution in [0.4, 0.5) is 10.5 Å². The average Bonchev–Trinajstić information content (AvgIpc) is 3.01. The van der Waals surface area contributed by atoms with Gasteiger partial charge in [-0.1, -0.05) is 12.0 Å². The number of amides is 2. The summed E-state index contributed by atoms with van der Waals surface area (Å²) in [5.74, 6) is 2.83. The van der Waals surface area contributed by atoms with Crippen LogP contribution >= 0.6 is 11.8 Å². The molecule has 0 radical (unpaired) electrons. The van der Waals surface area contributed by atoms with Crippen molar-refractivity contribution in [1.82, 2.24) is 4.90 Å². The number of nitro benzene ring substituents is 1. The van der Waals surface area contributed by atoms with Gasteiger partial charge in [-0.15, -0.1) is 6.42 Å². The van der Waals surface area contributed by atoms with Crippen LogP contribution in [-0.2, 0) is 11.4 Å². The number of carbonyl (C=O) groups excluding carboxylic acids is 2. The molecule has 2 aromatic rings. The van der Waals surface area contributed by atoms with Crippen LogP contribution in [-0.4, -0.2) is 34.1 Å². The first kappa shape index (κ1) is 21.9. The van der Waals surface area contributed by atoms with E-state index < -0.39 is 16.1 Å². The SMILES string of the molecule is C#CCN1C(=O)S/C(=C/c2ccc(OCc3ccc([N+](=O)[O-])cc3)c(OCC)c2)C1=O. The summed E-state index contributed by atoms with van der Waals surface area (Å²) < 4.78 is 11.5. The normalized spacial score (nSPS) is 14.6. The number of carbonyl (C=O) groups is 2. The smallest absolute Gasteiger partial charge is 0.294 e. The summed E-state index contributed by atoms with van der Waals surface area (Å²) in [5, 5.41) is 10.4. The molecular formula is C22H18N2O6S. The molecule has 31 heavy (non-hydrogen) atoms. The van der Waals surface area contributed by atoms with Gasteiger partial charge in [-0.25, -0.2) is 0 Å². The number of nitrogens with zero attached hydrogens (tertiary/aromatic N) is 2. The molecule has 0 unspecified atom stereocenters. The van der Waals surface area contributed by atoms with E-state index in [0.29, 0.717) is 23.7 Å². The summed E-state index contributed by atoms with van der Waals surface area (Å²) in [6.45, 7) is 2.36. The third kappa shape index (κ3) is 5.24. The Bertz CT molecular complexity index is 1090. The number of imide groups is 1. The van der Waals surface area contributed by atoms with Gasteiger partial charge in [0.2, 0.25) is 0 Å². The molecule has 0 N–H and O–H groups in total. The Kier molecular flexibility index (Phi) is 6.95. The van der Waals surface area contributed by atoms with E-state index in [1.54, 1.807) is 36.4 Å². The Labute approximate surface area is 183 Å². The predicted octanol–water partition coefficient (Wildman–Crippen LogP) is 4.24. The lowest BCUT2D eigenvalue weighted by atomic mass is 10.1. The van der Waals surface area contributed by atoms with Gasteiger partial charge in [-0.05, 0) is 60.2 Å². The van der Waals surface area contributed by atoms with Crippen molar-refractivity contribution in [2.24, 2.45) is 0 Å². The van der Waals surface area contributed by atoms with Gasteiger partial charge in [0.1, 0.15) is 6.61 Å². The molecule has 0 saturated carbocycles. The maximum absolute atomic E-state index is 12.3. The number of non-ortho nitro benzene ring substituents is 1. The number of hydrogen-bond acceptors (Lipinski definition) is 7. The van der Waals surface area contributed by atoms with E-state index in [1.165, 1.54) is 12.1 Å². The minimum absolute atomic E-state index is 0.00904. The maximum Gasteiger partial charge on any atom is 0.294 e. The predicted molar refractivity (Wildman–Crippen MR) is 117 cm³/mol. The van der Waals surface area contributed by atoms with Crippen molar-refractivity contribution >= 4 is 34.7 Å². The number of ether oxygens (including phenoxy) is 2. The minimum Gasteiger partial charge on any atom is -0.490 e. The zero-order valence-electron chi connectivity index (χ0n) is 16.6. The molecule has 1 aliphatic rings. The third-order valence-electron chi connectivity index (χ3n) is 4.23. The second-order valence-electron chi connectivity index (χ2n) is 6.32. The second-order valence-corrected chi connectivity index (χ2v) is 7.32. The van der Waals surface area contributed by atoms with Gasteiger partial charge in [0.25, 0.3) is 16.8 Å². The van der Waals surface area contributed by atoms with Crippen LogP contribution in [0.3, 0.4) is 0 Å². The Morgan fingerprint density at radius 1 is 1.16 bits per heavy atom. The molecule has 1 saturated heterocycles. The fourth-order valence-electron chi connectivity index (χ4n) is 2.76. The molecule has 2 aromatic carbocycles. The fourth-order valence-corrected chi connectivity index (χ4v) is 3.59. The molecule has 0 aromatic heterocycles. The summed E-state index contributed by atoms with van der Waals surface area (Å²) in [5.41, 5.74) is 1.44. The molecule has 1 fully saturated rings. The van der Waals surface area contributed by atoms with Crippen molar-refractivity contribution in [1.29, 1.82) is 0 Å². The van der Waals surface area contributed by atoms with Crippen molar-refractivity contribution < 1.29 is 24.0 Å². The van der Waals surface area contributed by atoms with Gasteiger partial charge >= 0.3 is 0 Å². The Morgan fingerprint density at radius 2 is 1.90 bits per heavy atom. The van der Waals surface area contributed by atoms with E-state index in [4.69, 9.17) is 15.9 Å². The first-order valence-corrected chi connectivity index (χ1v) is 10.1. The number of benzene rings is 2. The van der Waals surface area contributed by atoms with Crippen LogP contribution in [0.1, 0.15) is 18.1 Å². The van der Waals surface area contributed by atoms with E-state index in [2.05, 4.69) is 5.92 Å². The van der Waals surface area contributed by atoms with Crippen LogP contribution in [0, 0.1) is 22.5 Å². The molecule has 3 rings (SSSR count). The summed E-state index contributed by atoms with van der Waals surface area (Å²) >= 11 is 0.834. The highest BCUT2D eigenvalue weighted by atomic mass is 32.2. The summed E-state index contributed by atoms with van der Waals surface area (Å²) in [6.07, 6.45) is 6.81. The first-order chi connectivity index (χ1) is 14.9. The summed E-state index contributed by atoms with van der Waals surface area (Å²) in [6, 6.07) is 11.2. The van der Waals surface area contributed by atoms with E-state index >= 15 is 0 Å². The van der Waals surface area contributed by atoms with Crippen molar-refractivity contribution in [3.8, 4) is 23.8 Å². The molecule has 0 bridgehead atoms. The van der Waals surface area contributed by atoms with Crippen molar-refractivity contribution in [2.45, 2.75) is 13.5 Å². The topological polar surface area (TPSA) is 99.0 Å². The Morgan fingerprint density at radius 3 is 2.55 bits per heavy atom. The third-order valence-corrected chi connectivity index (χ3v) is 5.14. The quantitative estimate of drug-likeness (QED) is 0.263. The largest absolute Gasteiger partial charge is 0.490 e. The van der Waals surface area contributed by atoms with Crippen molar-refractivity contribution in [2.75, 3.05) is 13.2 Å². The Hall–Kier alpha value is -3.77. The fraction of sp³-hybridized carbons (Fsp3) is 0.182. The van der Waals surface area contributed by atoms with Gasteiger partial charge < -0.3 is 9.47 Å². The molecule has 8 nitrogen and oxygen atoms in total. The standard InChI is InChI=1S/C22H18N2O6S/c1-3-11-23-21(25)20(31-22(23)26)13-16-7-10-18(19(12-16)29-4-2)30-14-15-5-8-17(9-6-15)24(27)28/h1,5-10,12-13H,4,11,14H2,2H3/b20-13+. The van der Waals surface area contributed by atoms with Gasteiger partial charge in [-0.3, -0.25) is 24.6 Å². The summed E-state index contributed by atoms with van der Waals surface area (Å²) in [7, 11) is 0. The summed E-state index contributed by atoms with van der Waals surface area (Å²) in [4.78, 5) is 35.9. The molecule has 1 aliphatic heterocycles. The number of hydrogen-bond donors (Lipinski definition) is 0. The first-order valence-electron chi connectivity index (χ1n) is 9.24. The van der Waals surface area contributed by atoms with Gasteiger partial charge in [0, 0.05) is 12.1 Å². The van der Waals surface area contributed by atoms with Crippen molar-refractivity contribution in [3.63, 3.8) is 0 Å². The highest BCUT2D eigenvalue weighted by Crippen LogP contribution is 2.34. The number of thioether (sulfide) groups is 1. The lowest BCUT2D eigenvalue weighted by molar-refractivity contribution is -0.384. The van der Waals surface area contributed by atoms with Gasteiger partial charge in [0.05, 0.1) is 23.0 Å². The highest BCUT2D eigenvalue weighted by Gasteiger charge is 2.34. The van der Waals surface area contributed by atoms with Crippen LogP contribution in [0.25, 0.3) is 6.08 Å². The minimum atomic E-state index is -0.461.